The van der Waals surface area contributed by atoms with E-state index in [1.54, 1.807) is 30.3 Å². The molecule has 0 radical (unpaired) electrons. The average Bonchev–Trinajstić information content (AvgIpc) is 2.57. The molecule has 0 saturated heterocycles. The maximum atomic E-state index is 13.3. The monoisotopic (exact) mass is 417 g/mol. The molecule has 0 fully saturated rings. The number of carbonyl (C=O) groups is 2. The molecule has 2 aromatic carbocycles. The Balaban J connectivity index is 2.46. The summed E-state index contributed by atoms with van der Waals surface area (Å²) in [6, 6.07) is 11.5. The number of phenols is 1. The molecule has 2 rings (SSSR count). The molecule has 0 aliphatic carbocycles. The van der Waals surface area contributed by atoms with Crippen LogP contribution in [-0.4, -0.2) is 29.4 Å². The van der Waals surface area contributed by atoms with Crippen molar-refractivity contribution in [1.29, 1.82) is 0 Å². The van der Waals surface area contributed by atoms with Crippen LogP contribution in [-0.2, 0) is 4.79 Å². The summed E-state index contributed by atoms with van der Waals surface area (Å²) in [5.41, 5.74) is 0.253. The third kappa shape index (κ3) is 6.50. The van der Waals surface area contributed by atoms with Gasteiger partial charge in [0.1, 0.15) is 17.1 Å². The van der Waals surface area contributed by atoms with Gasteiger partial charge in [0, 0.05) is 18.2 Å². The number of hydrogen-bond acceptors (Lipinski definition) is 4. The molecule has 0 heterocycles. The van der Waals surface area contributed by atoms with Crippen LogP contribution in [0.1, 0.15) is 51.4 Å². The van der Waals surface area contributed by atoms with Crippen LogP contribution in [0.5, 0.6) is 11.5 Å². The van der Waals surface area contributed by atoms with Crippen molar-refractivity contribution in [2.75, 3.05) is 11.4 Å². The van der Waals surface area contributed by atoms with Gasteiger partial charge in [0.15, 0.2) is 5.78 Å². The quantitative estimate of drug-likeness (QED) is 0.647. The second-order valence-corrected chi connectivity index (χ2v) is 8.87. The number of ether oxygens (including phenoxy) is 1. The normalized spacial score (nSPS) is 11.4. The van der Waals surface area contributed by atoms with E-state index in [1.807, 2.05) is 34.6 Å². The Bertz CT molecular complexity index is 866. The fraction of sp³-hybridized carbons (Fsp3) is 0.391. The van der Waals surface area contributed by atoms with Crippen molar-refractivity contribution in [2.24, 2.45) is 5.41 Å². The molecule has 0 unspecified atom stereocenters. The summed E-state index contributed by atoms with van der Waals surface area (Å²) in [6.45, 7) is 9.58. The van der Waals surface area contributed by atoms with Gasteiger partial charge in [0.25, 0.3) is 5.91 Å². The molecule has 2 aromatic rings. The first-order valence-electron chi connectivity index (χ1n) is 9.55. The lowest BCUT2D eigenvalue weighted by Crippen LogP contribution is -2.37. The van der Waals surface area contributed by atoms with E-state index < -0.39 is 5.91 Å². The van der Waals surface area contributed by atoms with Gasteiger partial charge in [-0.2, -0.15) is 0 Å². The minimum absolute atomic E-state index is 0.0343. The Morgan fingerprint density at radius 2 is 1.79 bits per heavy atom. The van der Waals surface area contributed by atoms with E-state index >= 15 is 0 Å². The summed E-state index contributed by atoms with van der Waals surface area (Å²) in [5.74, 6) is -0.281. The summed E-state index contributed by atoms with van der Waals surface area (Å²) in [5, 5.41) is 10.3. The predicted molar refractivity (Wildman–Crippen MR) is 116 cm³/mol. The Kier molecular flexibility index (Phi) is 7.31. The molecule has 1 N–H and O–H groups in total. The maximum Gasteiger partial charge on any atom is 0.263 e. The van der Waals surface area contributed by atoms with E-state index in [4.69, 9.17) is 16.3 Å². The molecule has 0 atom stereocenters. The van der Waals surface area contributed by atoms with Gasteiger partial charge >= 0.3 is 0 Å². The number of benzene rings is 2. The van der Waals surface area contributed by atoms with Gasteiger partial charge in [-0.25, -0.2) is 0 Å². The van der Waals surface area contributed by atoms with Crippen LogP contribution in [0.3, 0.4) is 0 Å². The number of carbonyl (C=O) groups excluding carboxylic acids is 2. The fourth-order valence-corrected chi connectivity index (χ4v) is 3.21. The van der Waals surface area contributed by atoms with E-state index in [2.05, 4.69) is 0 Å². The number of phenolic OH excluding ortho intramolecular Hbond substituents is 1. The van der Waals surface area contributed by atoms with Crippen LogP contribution >= 0.6 is 11.6 Å². The van der Waals surface area contributed by atoms with Crippen molar-refractivity contribution in [1.82, 2.24) is 0 Å². The van der Waals surface area contributed by atoms with Gasteiger partial charge in [0.2, 0.25) is 0 Å². The smallest absolute Gasteiger partial charge is 0.263 e. The van der Waals surface area contributed by atoms with E-state index in [0.29, 0.717) is 17.9 Å². The Morgan fingerprint density at radius 1 is 1.14 bits per heavy atom. The number of nitrogens with zero attached hydrogens (tertiary/aromatic N) is 1. The molecule has 5 nitrogen and oxygen atoms in total. The number of ketones is 1. The lowest BCUT2D eigenvalue weighted by Gasteiger charge is -2.26. The Labute approximate surface area is 177 Å². The van der Waals surface area contributed by atoms with Gasteiger partial charge in [-0.1, -0.05) is 44.5 Å². The summed E-state index contributed by atoms with van der Waals surface area (Å²) < 4.78 is 5.73. The van der Waals surface area contributed by atoms with Crippen LogP contribution in [0.4, 0.5) is 5.69 Å². The SMILES string of the molecule is CC(C)Oc1cccc(N(CC(=O)CC(C)(C)C)C(=O)c2c(O)cccc2Cl)c1. The standard InChI is InChI=1S/C23H28ClNO4/c1-15(2)29-18-9-6-8-16(12-18)25(14-17(26)13-23(3,4)5)22(28)21-19(24)10-7-11-20(21)27/h6-12,15,27H,13-14H2,1-5H3. The first-order chi connectivity index (χ1) is 13.5. The Morgan fingerprint density at radius 3 is 2.38 bits per heavy atom. The number of halogens is 1. The minimum Gasteiger partial charge on any atom is -0.507 e. The number of rotatable bonds is 7. The molecule has 29 heavy (non-hydrogen) atoms. The lowest BCUT2D eigenvalue weighted by atomic mass is 9.90. The molecule has 1 amide bonds. The van der Waals surface area contributed by atoms with Gasteiger partial charge in [-0.05, 0) is 43.5 Å². The van der Waals surface area contributed by atoms with Gasteiger partial charge in [0.05, 0.1) is 17.7 Å². The molecular formula is C23H28ClNO4. The number of aromatic hydroxyl groups is 1. The minimum atomic E-state index is -0.544. The first kappa shape index (κ1) is 22.8. The molecule has 0 aliphatic rings. The zero-order valence-electron chi connectivity index (χ0n) is 17.5. The topological polar surface area (TPSA) is 66.8 Å². The Hall–Kier alpha value is -2.53. The summed E-state index contributed by atoms with van der Waals surface area (Å²) in [7, 11) is 0. The highest BCUT2D eigenvalue weighted by Crippen LogP contribution is 2.30. The first-order valence-corrected chi connectivity index (χ1v) is 9.93. The van der Waals surface area contributed by atoms with E-state index in [1.165, 1.54) is 17.0 Å². The lowest BCUT2D eigenvalue weighted by molar-refractivity contribution is -0.119. The molecule has 0 saturated carbocycles. The molecule has 6 heteroatoms. The zero-order valence-corrected chi connectivity index (χ0v) is 18.3. The van der Waals surface area contributed by atoms with Crippen molar-refractivity contribution in [3.05, 3.63) is 53.1 Å². The molecule has 0 aromatic heterocycles. The molecule has 0 aliphatic heterocycles. The highest BCUT2D eigenvalue weighted by molar-refractivity contribution is 6.35. The largest absolute Gasteiger partial charge is 0.507 e. The van der Waals surface area contributed by atoms with E-state index in [-0.39, 0.29) is 40.2 Å². The van der Waals surface area contributed by atoms with Crippen LogP contribution in [0.25, 0.3) is 0 Å². The summed E-state index contributed by atoms with van der Waals surface area (Å²) >= 11 is 6.18. The highest BCUT2D eigenvalue weighted by Gasteiger charge is 2.27. The van der Waals surface area contributed by atoms with E-state index in [0.717, 1.165) is 0 Å². The third-order valence-electron chi connectivity index (χ3n) is 4.01. The maximum absolute atomic E-state index is 13.3. The second-order valence-electron chi connectivity index (χ2n) is 8.47. The second kappa shape index (κ2) is 9.31. The molecule has 0 bridgehead atoms. The van der Waals surface area contributed by atoms with Gasteiger partial charge in [-0.15, -0.1) is 0 Å². The van der Waals surface area contributed by atoms with E-state index in [9.17, 15) is 14.7 Å². The van der Waals surface area contributed by atoms with Crippen molar-refractivity contribution in [3.63, 3.8) is 0 Å². The molecular weight excluding hydrogens is 390 g/mol. The van der Waals surface area contributed by atoms with Crippen LogP contribution < -0.4 is 9.64 Å². The van der Waals surface area contributed by atoms with Crippen LogP contribution in [0, 0.1) is 5.41 Å². The number of amides is 1. The summed E-state index contributed by atoms with van der Waals surface area (Å²) in [4.78, 5) is 27.3. The number of anilines is 1. The van der Waals surface area contributed by atoms with Gasteiger partial charge in [-0.3, -0.25) is 9.59 Å². The van der Waals surface area contributed by atoms with Crippen molar-refractivity contribution in [2.45, 2.75) is 47.1 Å². The number of Topliss-reactive ketones (excluding diaryl/α,β-unsaturated/α-hetero) is 1. The zero-order chi connectivity index (χ0) is 21.8. The molecule has 156 valence electrons. The van der Waals surface area contributed by atoms with Gasteiger partial charge < -0.3 is 14.7 Å². The average molecular weight is 418 g/mol. The third-order valence-corrected chi connectivity index (χ3v) is 4.33. The van der Waals surface area contributed by atoms with Crippen molar-refractivity contribution < 1.29 is 19.4 Å². The molecule has 0 spiro atoms. The highest BCUT2D eigenvalue weighted by atomic mass is 35.5. The van der Waals surface area contributed by atoms with Crippen molar-refractivity contribution >= 4 is 29.0 Å². The fourth-order valence-electron chi connectivity index (χ4n) is 2.96. The summed E-state index contributed by atoms with van der Waals surface area (Å²) in [6.07, 6.45) is 0.275. The predicted octanol–water partition coefficient (Wildman–Crippen LogP) is 5.48. The number of hydrogen-bond donors (Lipinski definition) is 1. The van der Waals surface area contributed by atoms with Crippen LogP contribution in [0.15, 0.2) is 42.5 Å². The van der Waals surface area contributed by atoms with Crippen LogP contribution in [0.2, 0.25) is 5.02 Å². The van der Waals surface area contributed by atoms with Crippen molar-refractivity contribution in [3.8, 4) is 11.5 Å².